The molecule has 0 aromatic heterocycles. The van der Waals surface area contributed by atoms with Crippen LogP contribution in [0, 0.1) is 17.6 Å². The van der Waals surface area contributed by atoms with Crippen molar-refractivity contribution in [1.82, 2.24) is 10.6 Å². The van der Waals surface area contributed by atoms with Gasteiger partial charge >= 0.3 is 12.2 Å². The fourth-order valence-corrected chi connectivity index (χ4v) is 3.06. The topological polar surface area (TPSA) is 70.2 Å². The zero-order valence-corrected chi connectivity index (χ0v) is 14.6. The van der Waals surface area contributed by atoms with E-state index in [2.05, 4.69) is 22.5 Å². The van der Waals surface area contributed by atoms with Gasteiger partial charge in [0.1, 0.15) is 17.6 Å². The van der Waals surface area contributed by atoms with Crippen LogP contribution < -0.4 is 16.0 Å². The Balaban J connectivity index is 1.97. The number of urea groups is 1. The molecule has 0 saturated carbocycles. The number of anilines is 1. The second-order valence-electron chi connectivity index (χ2n) is 6.28. The van der Waals surface area contributed by atoms with Gasteiger partial charge in [0, 0.05) is 17.3 Å². The summed E-state index contributed by atoms with van der Waals surface area (Å²) in [4.78, 5) is 24.6. The average Bonchev–Trinajstić information content (AvgIpc) is 2.60. The summed E-state index contributed by atoms with van der Waals surface area (Å²) in [6.07, 6.45) is -4.72. The highest BCUT2D eigenvalue weighted by atomic mass is 19.4. The Kier molecular flexibility index (Phi) is 5.27. The van der Waals surface area contributed by atoms with Crippen LogP contribution in [0.15, 0.2) is 54.7 Å². The predicted octanol–water partition coefficient (Wildman–Crippen LogP) is 4.11. The van der Waals surface area contributed by atoms with Gasteiger partial charge in [-0.3, -0.25) is 4.79 Å². The van der Waals surface area contributed by atoms with E-state index in [9.17, 15) is 31.5 Å². The van der Waals surface area contributed by atoms with Crippen molar-refractivity contribution in [2.75, 3.05) is 5.32 Å². The molecule has 1 fully saturated rings. The predicted molar refractivity (Wildman–Crippen MR) is 93.5 cm³/mol. The number of carbonyl (C=O) groups excluding carboxylic acids is 2. The molecule has 0 unspecified atom stereocenters. The molecule has 1 aliphatic heterocycles. The standard InChI is InChI=1S/C19H14F5N3O2/c1-9-15(17(28)26-14-5-3-2-4-12(14)19(22,23)24)16(27-18(29)25-9)11-7-6-10(20)8-13(11)21/h2-8,15-16H,1H2,(H,26,28)(H2,25,27,29)/t15-,16+/m1/s1. The summed E-state index contributed by atoms with van der Waals surface area (Å²) in [5, 5.41) is 6.73. The largest absolute Gasteiger partial charge is 0.418 e. The van der Waals surface area contributed by atoms with E-state index in [4.69, 9.17) is 0 Å². The van der Waals surface area contributed by atoms with Gasteiger partial charge in [-0.15, -0.1) is 0 Å². The summed E-state index contributed by atoms with van der Waals surface area (Å²) in [7, 11) is 0. The average molecular weight is 411 g/mol. The van der Waals surface area contributed by atoms with Crippen molar-refractivity contribution < 1.29 is 31.5 Å². The summed E-state index contributed by atoms with van der Waals surface area (Å²) >= 11 is 0. The number of carbonyl (C=O) groups is 2. The van der Waals surface area contributed by atoms with Crippen LogP contribution in [0.3, 0.4) is 0 Å². The van der Waals surface area contributed by atoms with E-state index in [1.807, 2.05) is 0 Å². The van der Waals surface area contributed by atoms with Gasteiger partial charge in [0.25, 0.3) is 0 Å². The van der Waals surface area contributed by atoms with E-state index in [1.165, 1.54) is 6.07 Å². The van der Waals surface area contributed by atoms with E-state index in [0.717, 1.165) is 30.3 Å². The molecule has 2 aromatic carbocycles. The van der Waals surface area contributed by atoms with Crippen LogP contribution in [0.2, 0.25) is 0 Å². The fourth-order valence-electron chi connectivity index (χ4n) is 3.06. The number of alkyl halides is 3. The molecule has 0 spiro atoms. The second kappa shape index (κ2) is 7.53. The minimum absolute atomic E-state index is 0.149. The SMILES string of the molecule is C=C1NC(=O)N[C@@H](c2ccc(F)cc2F)[C@@H]1C(=O)Nc1ccccc1C(F)(F)F. The molecule has 0 aliphatic carbocycles. The first kappa shape index (κ1) is 20.3. The van der Waals surface area contributed by atoms with Gasteiger partial charge in [0.15, 0.2) is 0 Å². The van der Waals surface area contributed by atoms with Gasteiger partial charge in [-0.1, -0.05) is 24.8 Å². The highest BCUT2D eigenvalue weighted by molar-refractivity contribution is 5.97. The van der Waals surface area contributed by atoms with Crippen LogP contribution in [-0.4, -0.2) is 11.9 Å². The summed E-state index contributed by atoms with van der Waals surface area (Å²) in [6.45, 7) is 3.55. The quantitative estimate of drug-likeness (QED) is 0.666. The van der Waals surface area contributed by atoms with Crippen molar-refractivity contribution in [3.63, 3.8) is 0 Å². The van der Waals surface area contributed by atoms with E-state index in [-0.39, 0.29) is 11.3 Å². The van der Waals surface area contributed by atoms with Crippen molar-refractivity contribution in [3.8, 4) is 0 Å². The lowest BCUT2D eigenvalue weighted by Crippen LogP contribution is -2.52. The lowest BCUT2D eigenvalue weighted by molar-refractivity contribution is -0.137. The van der Waals surface area contributed by atoms with E-state index < -0.39 is 53.0 Å². The third-order valence-electron chi connectivity index (χ3n) is 4.34. The van der Waals surface area contributed by atoms with E-state index >= 15 is 0 Å². The number of para-hydroxylation sites is 1. The highest BCUT2D eigenvalue weighted by Crippen LogP contribution is 2.36. The molecule has 0 radical (unpaired) electrons. The van der Waals surface area contributed by atoms with Crippen LogP contribution >= 0.6 is 0 Å². The zero-order chi connectivity index (χ0) is 21.3. The first-order valence-corrected chi connectivity index (χ1v) is 8.26. The van der Waals surface area contributed by atoms with Gasteiger partial charge in [-0.25, -0.2) is 13.6 Å². The first-order valence-electron chi connectivity index (χ1n) is 8.26. The maximum Gasteiger partial charge on any atom is 0.418 e. The van der Waals surface area contributed by atoms with E-state index in [0.29, 0.717) is 6.07 Å². The fraction of sp³-hybridized carbons (Fsp3) is 0.158. The number of halogens is 5. The molecule has 29 heavy (non-hydrogen) atoms. The van der Waals surface area contributed by atoms with Crippen molar-refractivity contribution in [2.24, 2.45) is 5.92 Å². The van der Waals surface area contributed by atoms with Gasteiger partial charge < -0.3 is 16.0 Å². The van der Waals surface area contributed by atoms with Crippen LogP contribution in [-0.2, 0) is 11.0 Å². The van der Waals surface area contributed by atoms with Crippen LogP contribution in [0.4, 0.5) is 32.4 Å². The Morgan fingerprint density at radius 2 is 1.79 bits per heavy atom. The molecular formula is C19H14F5N3O2. The Morgan fingerprint density at radius 1 is 1.10 bits per heavy atom. The molecule has 1 aliphatic rings. The number of hydrogen-bond donors (Lipinski definition) is 3. The Labute approximate surface area is 161 Å². The van der Waals surface area contributed by atoms with Crippen LogP contribution in [0.5, 0.6) is 0 Å². The Morgan fingerprint density at radius 3 is 2.45 bits per heavy atom. The van der Waals surface area contributed by atoms with Gasteiger partial charge in [0.05, 0.1) is 17.3 Å². The highest BCUT2D eigenvalue weighted by Gasteiger charge is 2.40. The monoisotopic (exact) mass is 411 g/mol. The van der Waals surface area contributed by atoms with Crippen molar-refractivity contribution in [3.05, 3.63) is 77.5 Å². The third-order valence-corrected chi connectivity index (χ3v) is 4.34. The molecule has 2 atom stereocenters. The summed E-state index contributed by atoms with van der Waals surface area (Å²) in [6, 6.07) is 4.77. The van der Waals surface area contributed by atoms with Gasteiger partial charge in [-0.05, 0) is 18.2 Å². The normalized spacial score (nSPS) is 19.3. The second-order valence-corrected chi connectivity index (χ2v) is 6.28. The molecule has 3 N–H and O–H groups in total. The minimum Gasteiger partial charge on any atom is -0.330 e. The number of rotatable bonds is 3. The minimum atomic E-state index is -4.72. The summed E-state index contributed by atoms with van der Waals surface area (Å²) < 4.78 is 67.0. The molecule has 3 amide bonds. The zero-order valence-electron chi connectivity index (χ0n) is 14.6. The molecule has 2 aromatic rings. The lowest BCUT2D eigenvalue weighted by Gasteiger charge is -2.34. The molecular weight excluding hydrogens is 397 g/mol. The maximum atomic E-state index is 14.3. The lowest BCUT2D eigenvalue weighted by atomic mass is 9.87. The Bertz CT molecular complexity index is 990. The van der Waals surface area contributed by atoms with Gasteiger partial charge in [-0.2, -0.15) is 13.2 Å². The molecule has 0 bridgehead atoms. The van der Waals surface area contributed by atoms with Crippen molar-refractivity contribution in [1.29, 1.82) is 0 Å². The first-order chi connectivity index (χ1) is 13.6. The smallest absolute Gasteiger partial charge is 0.330 e. The molecule has 1 heterocycles. The van der Waals surface area contributed by atoms with Gasteiger partial charge in [0.2, 0.25) is 5.91 Å². The summed E-state index contributed by atoms with van der Waals surface area (Å²) in [5.74, 6) is -4.23. The number of benzene rings is 2. The molecule has 5 nitrogen and oxygen atoms in total. The van der Waals surface area contributed by atoms with Crippen molar-refractivity contribution >= 4 is 17.6 Å². The van der Waals surface area contributed by atoms with E-state index in [1.54, 1.807) is 0 Å². The number of hydrogen-bond acceptors (Lipinski definition) is 2. The summed E-state index contributed by atoms with van der Waals surface area (Å²) in [5.41, 5.74) is -1.94. The third kappa shape index (κ3) is 4.20. The number of amides is 3. The number of nitrogens with one attached hydrogen (secondary N) is 3. The molecule has 10 heteroatoms. The maximum absolute atomic E-state index is 14.3. The van der Waals surface area contributed by atoms with Crippen molar-refractivity contribution in [2.45, 2.75) is 12.2 Å². The molecule has 3 rings (SSSR count). The van der Waals surface area contributed by atoms with Crippen LogP contribution in [0.25, 0.3) is 0 Å². The molecule has 1 saturated heterocycles. The molecule has 152 valence electrons. The van der Waals surface area contributed by atoms with Crippen LogP contribution in [0.1, 0.15) is 17.2 Å². The Hall–Kier alpha value is -3.43.